The fourth-order valence-corrected chi connectivity index (χ4v) is 14.7. The van der Waals surface area contributed by atoms with E-state index in [1.165, 1.54) is 289 Å². The van der Waals surface area contributed by atoms with E-state index < -0.39 is 97.5 Å². The van der Waals surface area contributed by atoms with Crippen molar-refractivity contribution < 1.29 is 80.2 Å². The van der Waals surface area contributed by atoms with Crippen molar-refractivity contribution in [1.29, 1.82) is 0 Å². The lowest BCUT2D eigenvalue weighted by molar-refractivity contribution is -0.161. The zero-order valence-corrected chi connectivity index (χ0v) is 69.1. The molecule has 0 aliphatic carbocycles. The van der Waals surface area contributed by atoms with E-state index in [9.17, 15) is 43.2 Å². The lowest BCUT2D eigenvalue weighted by Gasteiger charge is -2.21. The van der Waals surface area contributed by atoms with E-state index >= 15 is 0 Å². The number of hydrogen-bond donors (Lipinski definition) is 3. The van der Waals surface area contributed by atoms with Gasteiger partial charge >= 0.3 is 39.5 Å². The first-order chi connectivity index (χ1) is 50.2. The van der Waals surface area contributed by atoms with Crippen LogP contribution < -0.4 is 0 Å². The summed E-state index contributed by atoms with van der Waals surface area (Å²) in [5.74, 6) is -2.10. The predicted octanol–water partition coefficient (Wildman–Crippen LogP) is 25.7. The average molecular weight is 1510 g/mol. The molecule has 0 aromatic heterocycles. The third-order valence-electron chi connectivity index (χ3n) is 19.9. The summed E-state index contributed by atoms with van der Waals surface area (Å²) in [6.45, 7) is 5.06. The Balaban J connectivity index is 5.25. The van der Waals surface area contributed by atoms with Crippen LogP contribution in [0.4, 0.5) is 0 Å². The van der Waals surface area contributed by atoms with E-state index in [0.717, 1.165) is 89.9 Å². The van der Waals surface area contributed by atoms with E-state index in [4.69, 9.17) is 37.0 Å². The molecule has 0 heterocycles. The summed E-state index contributed by atoms with van der Waals surface area (Å²) in [4.78, 5) is 73.2. The zero-order valence-electron chi connectivity index (χ0n) is 67.3. The van der Waals surface area contributed by atoms with Crippen molar-refractivity contribution in [1.82, 2.24) is 0 Å². The molecule has 0 spiro atoms. The summed E-state index contributed by atoms with van der Waals surface area (Å²) in [5, 5.41) is 10.7. The molecule has 2 unspecified atom stereocenters. The molecule has 0 aliphatic rings. The van der Waals surface area contributed by atoms with Gasteiger partial charge in [0, 0.05) is 25.7 Å². The zero-order chi connectivity index (χ0) is 75.3. The van der Waals surface area contributed by atoms with Crippen LogP contribution in [0.5, 0.6) is 0 Å². The van der Waals surface area contributed by atoms with Crippen molar-refractivity contribution in [2.45, 2.75) is 476 Å². The van der Waals surface area contributed by atoms with Crippen LogP contribution in [0.15, 0.2) is 0 Å². The van der Waals surface area contributed by atoms with Gasteiger partial charge in [-0.3, -0.25) is 37.3 Å². The molecule has 5 atom stereocenters. The molecular weight excluding hydrogens is 1340 g/mol. The third-order valence-corrected chi connectivity index (χ3v) is 21.8. The lowest BCUT2D eigenvalue weighted by atomic mass is 10.0. The van der Waals surface area contributed by atoms with Gasteiger partial charge in [0.1, 0.15) is 19.3 Å². The molecule has 17 nitrogen and oxygen atoms in total. The van der Waals surface area contributed by atoms with Gasteiger partial charge in [-0.1, -0.05) is 407 Å². The number of hydrogen-bond acceptors (Lipinski definition) is 15. The quantitative estimate of drug-likeness (QED) is 0.0222. The van der Waals surface area contributed by atoms with Crippen molar-refractivity contribution in [3.8, 4) is 0 Å². The number of phosphoric acid groups is 2. The van der Waals surface area contributed by atoms with Crippen molar-refractivity contribution >= 4 is 39.5 Å². The van der Waals surface area contributed by atoms with Crippen molar-refractivity contribution in [2.24, 2.45) is 0 Å². The number of carbonyl (C=O) groups excluding carboxylic acids is 4. The Morgan fingerprint density at radius 2 is 0.388 bits per heavy atom. The summed E-state index contributed by atoms with van der Waals surface area (Å²) in [6.07, 6.45) is 72.0. The number of unbranched alkanes of at least 4 members (excludes halogenated alkanes) is 59. The molecule has 0 aromatic carbocycles. The van der Waals surface area contributed by atoms with E-state index in [1.807, 2.05) is 0 Å². The molecule has 0 aliphatic heterocycles. The summed E-state index contributed by atoms with van der Waals surface area (Å²) >= 11 is 0. The molecule has 0 amide bonds. The monoisotopic (exact) mass is 1510 g/mol. The second kappa shape index (κ2) is 78.2. The van der Waals surface area contributed by atoms with Gasteiger partial charge in [-0.15, -0.1) is 0 Å². The molecule has 0 saturated heterocycles. The van der Waals surface area contributed by atoms with E-state index in [-0.39, 0.29) is 25.7 Å². The maximum atomic E-state index is 13.1. The van der Waals surface area contributed by atoms with Gasteiger partial charge < -0.3 is 33.8 Å². The first-order valence-electron chi connectivity index (χ1n) is 43.8. The van der Waals surface area contributed by atoms with Crippen molar-refractivity contribution in [2.75, 3.05) is 39.6 Å². The van der Waals surface area contributed by atoms with Crippen LogP contribution in [0.2, 0.25) is 0 Å². The molecule has 0 fully saturated rings. The highest BCUT2D eigenvalue weighted by Crippen LogP contribution is 2.45. The Morgan fingerprint density at radius 1 is 0.233 bits per heavy atom. The van der Waals surface area contributed by atoms with Crippen LogP contribution in [0, 0.1) is 0 Å². The molecule has 3 N–H and O–H groups in total. The predicted molar refractivity (Wildman–Crippen MR) is 423 cm³/mol. The van der Waals surface area contributed by atoms with Crippen molar-refractivity contribution in [3.63, 3.8) is 0 Å². The van der Waals surface area contributed by atoms with Crippen LogP contribution in [0.25, 0.3) is 0 Å². The van der Waals surface area contributed by atoms with E-state index in [2.05, 4.69) is 27.7 Å². The first-order valence-corrected chi connectivity index (χ1v) is 46.8. The third kappa shape index (κ3) is 78.0. The molecule has 0 saturated carbocycles. The highest BCUT2D eigenvalue weighted by atomic mass is 31.2. The fourth-order valence-electron chi connectivity index (χ4n) is 13.2. The molecule has 0 bridgehead atoms. The standard InChI is InChI=1S/C84H164O17P2/c1-5-9-13-17-21-25-29-33-36-37-38-39-40-43-47-51-55-59-63-67-71-84(89)101-80(75-95-82(87)69-65-61-57-53-49-45-41-34-30-26-22-18-14-10-6-2)77-99-103(92,93)97-73-78(85)72-96-102(90,91)98-76-79(74-94-81(86)68-64-60-56-52-48-44-32-28-24-20-16-12-8-4)100-83(88)70-66-62-58-54-50-46-42-35-31-27-23-19-15-11-7-3/h78-80,85H,5-77H2,1-4H3,(H,90,91)(H,92,93)/t78-,79+,80+/m0/s1. The minimum atomic E-state index is -4.96. The van der Waals surface area contributed by atoms with E-state index in [0.29, 0.717) is 25.7 Å². The summed E-state index contributed by atoms with van der Waals surface area (Å²) < 4.78 is 68.9. The Labute approximate surface area is 632 Å². The maximum absolute atomic E-state index is 13.1. The molecule has 19 heteroatoms. The fraction of sp³-hybridized carbons (Fsp3) is 0.952. The highest BCUT2D eigenvalue weighted by Gasteiger charge is 2.30. The number of aliphatic hydroxyl groups is 1. The average Bonchev–Trinajstić information content (AvgIpc) is 0.913. The summed E-state index contributed by atoms with van der Waals surface area (Å²) in [7, 11) is -9.92. The van der Waals surface area contributed by atoms with Gasteiger partial charge in [-0.05, 0) is 25.7 Å². The normalized spacial score (nSPS) is 13.7. The van der Waals surface area contributed by atoms with Gasteiger partial charge in [0.2, 0.25) is 0 Å². The minimum Gasteiger partial charge on any atom is -0.462 e. The molecule has 612 valence electrons. The Hall–Kier alpha value is -1.94. The minimum absolute atomic E-state index is 0.109. The SMILES string of the molecule is CCCCCCCCCCCCCCCCCCCCCCC(=O)O[C@H](COC(=O)CCCCCCCCCCCCCCCCC)COP(=O)(O)OC[C@@H](O)COP(=O)(O)OC[C@@H](COC(=O)CCCCCCCCCCCCCCC)OC(=O)CCCCCCCCCCCCCCCCC. The molecule has 0 radical (unpaired) electrons. The van der Waals surface area contributed by atoms with Crippen LogP contribution in [-0.4, -0.2) is 96.7 Å². The number of phosphoric ester groups is 2. The number of esters is 4. The smallest absolute Gasteiger partial charge is 0.462 e. The summed E-state index contributed by atoms with van der Waals surface area (Å²) in [6, 6.07) is 0. The van der Waals surface area contributed by atoms with Gasteiger partial charge in [0.25, 0.3) is 0 Å². The van der Waals surface area contributed by atoms with Crippen molar-refractivity contribution in [3.05, 3.63) is 0 Å². The largest absolute Gasteiger partial charge is 0.472 e. The lowest BCUT2D eigenvalue weighted by Crippen LogP contribution is -2.30. The second-order valence-corrected chi connectivity index (χ2v) is 33.1. The number of aliphatic hydroxyl groups excluding tert-OH is 1. The molecule has 103 heavy (non-hydrogen) atoms. The van der Waals surface area contributed by atoms with E-state index in [1.54, 1.807) is 0 Å². The number of carbonyl (C=O) groups is 4. The summed E-state index contributed by atoms with van der Waals surface area (Å²) in [5.41, 5.74) is 0. The van der Waals surface area contributed by atoms with Crippen LogP contribution in [-0.2, 0) is 65.4 Å². The maximum Gasteiger partial charge on any atom is 0.472 e. The van der Waals surface area contributed by atoms with Gasteiger partial charge in [-0.2, -0.15) is 0 Å². The topological polar surface area (TPSA) is 237 Å². The Bertz CT molecular complexity index is 1950. The molecule has 0 rings (SSSR count). The Morgan fingerprint density at radius 3 is 0.573 bits per heavy atom. The second-order valence-electron chi connectivity index (χ2n) is 30.2. The Kier molecular flexibility index (Phi) is 76.7. The van der Waals surface area contributed by atoms with Gasteiger partial charge in [0.15, 0.2) is 12.2 Å². The first kappa shape index (κ1) is 101. The van der Waals surface area contributed by atoms with Gasteiger partial charge in [0.05, 0.1) is 26.4 Å². The van der Waals surface area contributed by atoms with Crippen LogP contribution >= 0.6 is 15.6 Å². The van der Waals surface area contributed by atoms with Crippen LogP contribution in [0.3, 0.4) is 0 Å². The van der Waals surface area contributed by atoms with Gasteiger partial charge in [-0.25, -0.2) is 9.13 Å². The number of ether oxygens (including phenoxy) is 4. The highest BCUT2D eigenvalue weighted by molar-refractivity contribution is 7.47. The van der Waals surface area contributed by atoms with Crippen LogP contribution in [0.1, 0.15) is 458 Å². The molecule has 0 aromatic rings. The molecular formula is C84H164O17P2. The number of rotatable bonds is 85.